The molecule has 6 nitrogen and oxygen atoms in total. The third kappa shape index (κ3) is 4.20. The van der Waals surface area contributed by atoms with E-state index in [-0.39, 0.29) is 11.8 Å². The van der Waals surface area contributed by atoms with Crippen LogP contribution in [0.5, 0.6) is 0 Å². The molecule has 4 heterocycles. The Morgan fingerprint density at radius 1 is 1.03 bits per heavy atom. The minimum Gasteiger partial charge on any atom is -0.464 e. The normalized spacial score (nSPS) is 21.5. The lowest BCUT2D eigenvalue weighted by Crippen LogP contribution is -2.43. The highest BCUT2D eigenvalue weighted by molar-refractivity contribution is 5.97. The number of fused-ring (bicyclic) bond motifs is 1. The Labute approximate surface area is 181 Å². The largest absolute Gasteiger partial charge is 0.464 e. The second-order valence-electron chi connectivity index (χ2n) is 8.75. The molecule has 2 amide bonds. The van der Waals surface area contributed by atoms with E-state index in [0.29, 0.717) is 23.8 Å². The average Bonchev–Trinajstić information content (AvgIpc) is 3.49. The molecule has 31 heavy (non-hydrogen) atoms. The fraction of sp³-hybridized carbons (Fsp3) is 0.400. The van der Waals surface area contributed by atoms with Crippen LogP contribution in [0.1, 0.15) is 35.2 Å². The predicted molar refractivity (Wildman–Crippen MR) is 117 cm³/mol. The van der Waals surface area contributed by atoms with Gasteiger partial charge in [-0.25, -0.2) is 0 Å². The topological polar surface area (TPSA) is 66.7 Å². The zero-order valence-corrected chi connectivity index (χ0v) is 17.6. The molecule has 2 fully saturated rings. The van der Waals surface area contributed by atoms with Crippen molar-refractivity contribution in [1.29, 1.82) is 0 Å². The van der Waals surface area contributed by atoms with Crippen LogP contribution in [0.3, 0.4) is 0 Å². The van der Waals surface area contributed by atoms with Crippen molar-refractivity contribution in [1.82, 2.24) is 14.8 Å². The second kappa shape index (κ2) is 8.53. The van der Waals surface area contributed by atoms with Crippen LogP contribution >= 0.6 is 0 Å². The van der Waals surface area contributed by atoms with E-state index < -0.39 is 0 Å². The van der Waals surface area contributed by atoms with Gasteiger partial charge in [-0.1, -0.05) is 12.1 Å². The summed E-state index contributed by atoms with van der Waals surface area (Å²) in [5.41, 5.74) is 2.39. The van der Waals surface area contributed by atoms with E-state index in [1.807, 2.05) is 46.2 Å². The number of furan rings is 1. The zero-order valence-electron chi connectivity index (χ0n) is 17.6. The number of hydrogen-bond donors (Lipinski definition) is 0. The van der Waals surface area contributed by atoms with E-state index in [1.54, 1.807) is 18.7 Å². The number of aromatic nitrogens is 1. The molecule has 3 aromatic rings. The lowest BCUT2D eigenvalue weighted by molar-refractivity contribution is -0.132. The first kappa shape index (κ1) is 19.8. The summed E-state index contributed by atoms with van der Waals surface area (Å²) < 4.78 is 5.45. The van der Waals surface area contributed by atoms with Crippen molar-refractivity contribution in [2.75, 3.05) is 26.2 Å². The molecule has 2 aromatic heterocycles. The molecule has 160 valence electrons. The van der Waals surface area contributed by atoms with Crippen molar-refractivity contribution >= 4 is 22.8 Å². The smallest absolute Gasteiger partial charge is 0.253 e. The highest BCUT2D eigenvalue weighted by Gasteiger charge is 2.35. The average molecular weight is 418 g/mol. The van der Waals surface area contributed by atoms with Crippen molar-refractivity contribution in [2.24, 2.45) is 11.8 Å². The lowest BCUT2D eigenvalue weighted by Gasteiger charge is -2.36. The molecule has 0 N–H and O–H groups in total. The summed E-state index contributed by atoms with van der Waals surface area (Å²) in [5.74, 6) is 1.15. The molecule has 1 aromatic carbocycles. The number of carbonyl (C=O) groups excluding carboxylic acids is 2. The number of amides is 2. The Kier molecular flexibility index (Phi) is 5.45. The van der Waals surface area contributed by atoms with Crippen LogP contribution in [0.25, 0.3) is 11.0 Å². The molecule has 2 atom stereocenters. The molecule has 2 aliphatic heterocycles. The molecular formula is C25H27N3O3. The van der Waals surface area contributed by atoms with E-state index in [9.17, 15) is 9.59 Å². The maximum Gasteiger partial charge on any atom is 0.253 e. The van der Waals surface area contributed by atoms with Gasteiger partial charge in [0.1, 0.15) is 5.58 Å². The third-order valence-corrected chi connectivity index (χ3v) is 6.77. The molecule has 5 rings (SSSR count). The summed E-state index contributed by atoms with van der Waals surface area (Å²) in [5, 5.41) is 1.01. The summed E-state index contributed by atoms with van der Waals surface area (Å²) in [4.78, 5) is 33.9. The number of carbonyl (C=O) groups is 2. The Morgan fingerprint density at radius 2 is 1.90 bits per heavy atom. The van der Waals surface area contributed by atoms with Gasteiger partial charge >= 0.3 is 0 Å². The second-order valence-corrected chi connectivity index (χ2v) is 8.75. The van der Waals surface area contributed by atoms with Gasteiger partial charge in [0.2, 0.25) is 5.91 Å². The maximum atomic E-state index is 13.0. The highest BCUT2D eigenvalue weighted by Crippen LogP contribution is 2.32. The van der Waals surface area contributed by atoms with E-state index in [1.165, 1.54) is 0 Å². The van der Waals surface area contributed by atoms with Crippen LogP contribution in [-0.2, 0) is 11.2 Å². The number of hydrogen-bond acceptors (Lipinski definition) is 4. The fourth-order valence-electron chi connectivity index (χ4n) is 5.04. The van der Waals surface area contributed by atoms with E-state index in [2.05, 4.69) is 4.98 Å². The predicted octanol–water partition coefficient (Wildman–Crippen LogP) is 3.77. The van der Waals surface area contributed by atoms with Crippen molar-refractivity contribution in [3.63, 3.8) is 0 Å². The number of nitrogens with zero attached hydrogens (tertiary/aromatic N) is 3. The van der Waals surface area contributed by atoms with E-state index >= 15 is 0 Å². The number of piperidine rings is 1. The Hall–Kier alpha value is -3.15. The van der Waals surface area contributed by atoms with Crippen LogP contribution in [-0.4, -0.2) is 52.8 Å². The zero-order chi connectivity index (χ0) is 21.2. The molecule has 2 saturated heterocycles. The standard InChI is InChI=1S/C25H27N3O3/c29-24(13-18-3-1-9-26-15-18)27-10-2-4-21(16-27)22-7-11-28(17-22)25(30)20-6-5-19-8-12-31-23(19)14-20/h1,3,5-6,8-9,12,14-15,21-22H,2,4,7,10-11,13,16-17H2. The molecular weight excluding hydrogens is 390 g/mol. The van der Waals surface area contributed by atoms with Gasteiger partial charge in [-0.3, -0.25) is 14.6 Å². The van der Waals surface area contributed by atoms with Crippen LogP contribution in [0.4, 0.5) is 0 Å². The summed E-state index contributed by atoms with van der Waals surface area (Å²) >= 11 is 0. The minimum atomic E-state index is 0.0705. The summed E-state index contributed by atoms with van der Waals surface area (Å²) in [6.45, 7) is 3.17. The van der Waals surface area contributed by atoms with Crippen molar-refractivity contribution < 1.29 is 14.0 Å². The van der Waals surface area contributed by atoms with Crippen molar-refractivity contribution in [3.8, 4) is 0 Å². The Balaban J connectivity index is 1.20. The quantitative estimate of drug-likeness (QED) is 0.648. The summed E-state index contributed by atoms with van der Waals surface area (Å²) in [7, 11) is 0. The van der Waals surface area contributed by atoms with Crippen LogP contribution in [0.2, 0.25) is 0 Å². The minimum absolute atomic E-state index is 0.0705. The fourth-order valence-corrected chi connectivity index (χ4v) is 5.04. The van der Waals surface area contributed by atoms with E-state index in [4.69, 9.17) is 4.42 Å². The number of rotatable bonds is 4. The van der Waals surface area contributed by atoms with E-state index in [0.717, 1.165) is 62.0 Å². The monoisotopic (exact) mass is 417 g/mol. The maximum absolute atomic E-state index is 13.0. The SMILES string of the molecule is O=C(Cc1cccnc1)N1CCCC(C2CCN(C(=O)c3ccc4ccoc4c3)C2)C1. The number of pyridine rings is 1. The van der Waals surface area contributed by atoms with Gasteiger partial charge < -0.3 is 14.2 Å². The molecule has 2 unspecified atom stereocenters. The molecule has 0 aliphatic carbocycles. The van der Waals surface area contributed by atoms with Gasteiger partial charge in [0.25, 0.3) is 5.91 Å². The van der Waals surface area contributed by atoms with Gasteiger partial charge in [0, 0.05) is 49.5 Å². The molecule has 0 spiro atoms. The first-order chi connectivity index (χ1) is 15.2. The first-order valence-electron chi connectivity index (χ1n) is 11.1. The summed E-state index contributed by atoms with van der Waals surface area (Å²) in [6.07, 6.45) is 8.71. The molecule has 6 heteroatoms. The lowest BCUT2D eigenvalue weighted by atomic mass is 9.84. The highest BCUT2D eigenvalue weighted by atomic mass is 16.3. The number of benzene rings is 1. The molecule has 2 aliphatic rings. The van der Waals surface area contributed by atoms with Crippen molar-refractivity contribution in [2.45, 2.75) is 25.7 Å². The van der Waals surface area contributed by atoms with Gasteiger partial charge in [0.05, 0.1) is 12.7 Å². The van der Waals surface area contributed by atoms with Crippen LogP contribution in [0.15, 0.2) is 59.5 Å². The van der Waals surface area contributed by atoms with Crippen LogP contribution < -0.4 is 0 Å². The molecule has 0 bridgehead atoms. The van der Waals surface area contributed by atoms with Crippen molar-refractivity contribution in [3.05, 3.63) is 66.2 Å². The first-order valence-corrected chi connectivity index (χ1v) is 11.1. The van der Waals surface area contributed by atoms with Gasteiger partial charge in [-0.15, -0.1) is 0 Å². The van der Waals surface area contributed by atoms with Gasteiger partial charge in [-0.2, -0.15) is 0 Å². The summed E-state index contributed by atoms with van der Waals surface area (Å²) in [6, 6.07) is 11.4. The van der Waals surface area contributed by atoms with Gasteiger partial charge in [0.15, 0.2) is 0 Å². The van der Waals surface area contributed by atoms with Crippen LogP contribution in [0, 0.1) is 11.8 Å². The van der Waals surface area contributed by atoms with Gasteiger partial charge in [-0.05, 0) is 60.9 Å². The molecule has 0 saturated carbocycles. The number of likely N-dealkylation sites (tertiary alicyclic amines) is 2. The Bertz CT molecular complexity index is 1080. The third-order valence-electron chi connectivity index (χ3n) is 6.77. The Morgan fingerprint density at radius 3 is 2.77 bits per heavy atom. The molecule has 0 radical (unpaired) electrons.